The van der Waals surface area contributed by atoms with Crippen LogP contribution >= 0.6 is 0 Å². The van der Waals surface area contributed by atoms with E-state index >= 15 is 0 Å². The Kier molecular flexibility index (Phi) is 3.46. The van der Waals surface area contributed by atoms with E-state index in [9.17, 15) is 4.21 Å². The second-order valence-corrected chi connectivity index (χ2v) is 6.43. The molecule has 0 aliphatic heterocycles. The topological polar surface area (TPSA) is 56.0 Å². The SMILES string of the molecule is C[S@@](=O)Cc1noc([C@H](c2ccccc2)C2CC2)n1. The second-order valence-electron chi connectivity index (χ2n) is 4.99. The van der Waals surface area contributed by atoms with Crippen LogP contribution in [0.3, 0.4) is 0 Å². The van der Waals surface area contributed by atoms with E-state index in [0.717, 1.165) is 0 Å². The summed E-state index contributed by atoms with van der Waals surface area (Å²) in [6, 6.07) is 10.3. The van der Waals surface area contributed by atoms with Crippen LogP contribution < -0.4 is 0 Å². The summed E-state index contributed by atoms with van der Waals surface area (Å²) in [5.41, 5.74) is 1.22. The van der Waals surface area contributed by atoms with Crippen molar-refractivity contribution in [2.45, 2.75) is 24.5 Å². The number of hydrogen-bond acceptors (Lipinski definition) is 4. The Morgan fingerprint density at radius 3 is 2.74 bits per heavy atom. The number of rotatable bonds is 5. The minimum atomic E-state index is -0.941. The van der Waals surface area contributed by atoms with E-state index in [-0.39, 0.29) is 5.92 Å². The molecule has 1 aliphatic carbocycles. The summed E-state index contributed by atoms with van der Waals surface area (Å²) in [6.45, 7) is 0. The molecule has 1 aromatic carbocycles. The molecule has 0 saturated heterocycles. The molecular formula is C14H16N2O2S. The Balaban J connectivity index is 1.88. The maximum absolute atomic E-state index is 11.2. The van der Waals surface area contributed by atoms with Crippen LogP contribution in [0.1, 0.15) is 36.0 Å². The summed E-state index contributed by atoms with van der Waals surface area (Å²) in [4.78, 5) is 4.42. The van der Waals surface area contributed by atoms with E-state index in [0.29, 0.717) is 23.4 Å². The van der Waals surface area contributed by atoms with Crippen LogP contribution in [0.2, 0.25) is 0 Å². The molecular weight excluding hydrogens is 260 g/mol. The van der Waals surface area contributed by atoms with Crippen molar-refractivity contribution in [3.8, 4) is 0 Å². The van der Waals surface area contributed by atoms with Gasteiger partial charge in [-0.3, -0.25) is 4.21 Å². The van der Waals surface area contributed by atoms with Crippen LogP contribution in [0.15, 0.2) is 34.9 Å². The third kappa shape index (κ3) is 2.92. The zero-order chi connectivity index (χ0) is 13.2. The van der Waals surface area contributed by atoms with Gasteiger partial charge < -0.3 is 4.52 Å². The molecule has 1 fully saturated rings. The van der Waals surface area contributed by atoms with E-state index in [4.69, 9.17) is 4.52 Å². The van der Waals surface area contributed by atoms with E-state index in [1.165, 1.54) is 18.4 Å². The molecule has 0 unspecified atom stereocenters. The van der Waals surface area contributed by atoms with Crippen molar-refractivity contribution in [2.24, 2.45) is 5.92 Å². The Morgan fingerprint density at radius 1 is 1.37 bits per heavy atom. The minimum Gasteiger partial charge on any atom is -0.339 e. The van der Waals surface area contributed by atoms with E-state index < -0.39 is 10.8 Å². The summed E-state index contributed by atoms with van der Waals surface area (Å²) in [5, 5.41) is 3.93. The summed E-state index contributed by atoms with van der Waals surface area (Å²) >= 11 is 0. The van der Waals surface area contributed by atoms with Gasteiger partial charge >= 0.3 is 0 Å². The normalized spacial score (nSPS) is 18.2. The highest BCUT2D eigenvalue weighted by molar-refractivity contribution is 7.83. The van der Waals surface area contributed by atoms with Crippen LogP contribution in [-0.2, 0) is 16.6 Å². The van der Waals surface area contributed by atoms with Gasteiger partial charge in [0.15, 0.2) is 5.82 Å². The Labute approximate surface area is 114 Å². The van der Waals surface area contributed by atoms with E-state index in [1.807, 2.05) is 18.2 Å². The van der Waals surface area contributed by atoms with Gasteiger partial charge in [0, 0.05) is 17.1 Å². The lowest BCUT2D eigenvalue weighted by Gasteiger charge is -2.11. The van der Waals surface area contributed by atoms with E-state index in [1.54, 1.807) is 6.26 Å². The van der Waals surface area contributed by atoms with Crippen molar-refractivity contribution in [1.29, 1.82) is 0 Å². The number of aromatic nitrogens is 2. The lowest BCUT2D eigenvalue weighted by molar-refractivity contribution is 0.353. The molecule has 4 nitrogen and oxygen atoms in total. The quantitative estimate of drug-likeness (QED) is 0.842. The molecule has 0 N–H and O–H groups in total. The predicted molar refractivity (Wildman–Crippen MR) is 73.1 cm³/mol. The number of benzene rings is 1. The van der Waals surface area contributed by atoms with Gasteiger partial charge in [-0.25, -0.2) is 0 Å². The van der Waals surface area contributed by atoms with Crippen molar-refractivity contribution in [3.63, 3.8) is 0 Å². The summed E-state index contributed by atoms with van der Waals surface area (Å²) in [6.07, 6.45) is 4.06. The largest absolute Gasteiger partial charge is 0.339 e. The van der Waals surface area contributed by atoms with Gasteiger partial charge in [0.2, 0.25) is 5.89 Å². The third-order valence-electron chi connectivity index (χ3n) is 3.33. The summed E-state index contributed by atoms with van der Waals surface area (Å²) in [5.74, 6) is 2.34. The maximum atomic E-state index is 11.2. The number of hydrogen-bond donors (Lipinski definition) is 0. The zero-order valence-corrected chi connectivity index (χ0v) is 11.6. The first-order valence-corrected chi connectivity index (χ1v) is 8.14. The first-order chi connectivity index (χ1) is 9.24. The second kappa shape index (κ2) is 5.25. The molecule has 1 saturated carbocycles. The van der Waals surface area contributed by atoms with Gasteiger partial charge in [-0.15, -0.1) is 0 Å². The van der Waals surface area contributed by atoms with Gasteiger partial charge in [0.05, 0.1) is 11.7 Å². The molecule has 1 aliphatic rings. The average Bonchev–Trinajstić information content (AvgIpc) is 3.12. The fourth-order valence-electron chi connectivity index (χ4n) is 2.34. The molecule has 3 rings (SSSR count). The maximum Gasteiger partial charge on any atom is 0.234 e. The molecule has 19 heavy (non-hydrogen) atoms. The molecule has 0 radical (unpaired) electrons. The first-order valence-electron chi connectivity index (χ1n) is 6.41. The Morgan fingerprint density at radius 2 is 2.11 bits per heavy atom. The van der Waals surface area contributed by atoms with E-state index in [2.05, 4.69) is 22.3 Å². The highest BCUT2D eigenvalue weighted by Crippen LogP contribution is 2.45. The highest BCUT2D eigenvalue weighted by Gasteiger charge is 2.37. The van der Waals surface area contributed by atoms with Crippen LogP contribution in [0, 0.1) is 5.92 Å². The molecule has 0 spiro atoms. The van der Waals surface area contributed by atoms with Crippen LogP contribution in [0.5, 0.6) is 0 Å². The molecule has 100 valence electrons. The standard InChI is InChI=1S/C14H16N2O2S/c1-19(17)9-12-15-14(18-16-12)13(11-7-8-11)10-5-3-2-4-6-10/h2-6,11,13H,7-9H2,1H3/t13-,19-/m1/s1. The Hall–Kier alpha value is -1.49. The highest BCUT2D eigenvalue weighted by atomic mass is 32.2. The zero-order valence-electron chi connectivity index (χ0n) is 10.8. The summed E-state index contributed by atoms with van der Waals surface area (Å²) < 4.78 is 16.6. The lowest BCUT2D eigenvalue weighted by Crippen LogP contribution is -2.04. The van der Waals surface area contributed by atoms with Gasteiger partial charge in [-0.1, -0.05) is 35.5 Å². The Bertz CT molecular complexity index is 578. The molecule has 1 heterocycles. The first kappa shape index (κ1) is 12.5. The number of nitrogens with zero attached hydrogens (tertiary/aromatic N) is 2. The lowest BCUT2D eigenvalue weighted by atomic mass is 9.94. The fourth-order valence-corrected chi connectivity index (χ4v) is 2.82. The molecule has 1 aromatic heterocycles. The average molecular weight is 276 g/mol. The molecule has 2 atom stereocenters. The molecule has 0 amide bonds. The van der Waals surface area contributed by atoms with Crippen molar-refractivity contribution in [1.82, 2.24) is 10.1 Å². The fraction of sp³-hybridized carbons (Fsp3) is 0.429. The van der Waals surface area contributed by atoms with Crippen molar-refractivity contribution in [3.05, 3.63) is 47.6 Å². The van der Waals surface area contributed by atoms with Gasteiger partial charge in [-0.2, -0.15) is 4.98 Å². The van der Waals surface area contributed by atoms with Crippen LogP contribution in [0.4, 0.5) is 0 Å². The van der Waals surface area contributed by atoms with Gasteiger partial charge in [-0.05, 0) is 24.3 Å². The molecule has 5 heteroatoms. The van der Waals surface area contributed by atoms with Crippen LogP contribution in [-0.4, -0.2) is 20.6 Å². The van der Waals surface area contributed by atoms with Crippen molar-refractivity contribution in [2.75, 3.05) is 6.26 Å². The van der Waals surface area contributed by atoms with Gasteiger partial charge in [0.1, 0.15) is 0 Å². The molecule has 0 bridgehead atoms. The predicted octanol–water partition coefficient (Wildman–Crippen LogP) is 2.49. The van der Waals surface area contributed by atoms with Crippen molar-refractivity contribution >= 4 is 10.8 Å². The summed E-state index contributed by atoms with van der Waals surface area (Å²) in [7, 11) is -0.941. The molecule has 2 aromatic rings. The van der Waals surface area contributed by atoms with Crippen LogP contribution in [0.25, 0.3) is 0 Å². The monoisotopic (exact) mass is 276 g/mol. The minimum absolute atomic E-state index is 0.188. The smallest absolute Gasteiger partial charge is 0.234 e. The third-order valence-corrected chi connectivity index (χ3v) is 4.00. The van der Waals surface area contributed by atoms with Crippen molar-refractivity contribution < 1.29 is 8.73 Å². The van der Waals surface area contributed by atoms with Gasteiger partial charge in [0.25, 0.3) is 0 Å².